The molecule has 0 aromatic carbocycles. The molecular weight excluding hydrogens is 753 g/mol. The first-order valence-corrected chi connectivity index (χ1v) is 26.7. The Morgan fingerprint density at radius 2 is 0.672 bits per heavy atom. The maximum Gasteiger partial charge on any atom is 0.333 e. The first-order chi connectivity index (χ1) is 28.9. The Labute approximate surface area is 383 Å². The van der Waals surface area contributed by atoms with Crippen LogP contribution in [0.15, 0.2) is 12.2 Å². The molecule has 0 aliphatic heterocycles. The predicted octanol–water partition coefficient (Wildman–Crippen LogP) is 18.6. The van der Waals surface area contributed by atoms with Crippen LogP contribution in [0.25, 0.3) is 0 Å². The molecule has 5 nitrogen and oxygen atoms in total. The highest BCUT2D eigenvalue weighted by molar-refractivity contribution is 5.87. The van der Waals surface area contributed by atoms with Crippen molar-refractivity contribution in [1.82, 2.24) is 0 Å². The van der Waals surface area contributed by atoms with Crippen molar-refractivity contribution in [2.24, 2.45) is 16.2 Å². The van der Waals surface area contributed by atoms with Gasteiger partial charge in [-0.3, -0.25) is 0 Å². The van der Waals surface area contributed by atoms with Gasteiger partial charge in [0.05, 0.1) is 19.8 Å². The molecule has 5 heteroatoms. The fourth-order valence-corrected chi connectivity index (χ4v) is 8.14. The monoisotopic (exact) mass is 863 g/mol. The van der Waals surface area contributed by atoms with Crippen LogP contribution in [0.3, 0.4) is 0 Å². The smallest absolute Gasteiger partial charge is 0.333 e. The zero-order valence-electron chi connectivity index (χ0n) is 43.5. The fourth-order valence-electron chi connectivity index (χ4n) is 8.14. The van der Waals surface area contributed by atoms with Crippen molar-refractivity contribution in [1.29, 1.82) is 0 Å². The Bertz CT molecular complexity index is 914. The van der Waals surface area contributed by atoms with Crippen molar-refractivity contribution in [3.05, 3.63) is 12.2 Å². The topological polar surface area (TPSA) is 54.0 Å². The summed E-state index contributed by atoms with van der Waals surface area (Å²) in [6, 6.07) is 0. The van der Waals surface area contributed by atoms with Crippen molar-refractivity contribution in [3.8, 4) is 0 Å². The lowest BCUT2D eigenvalue weighted by Gasteiger charge is -2.34. The van der Waals surface area contributed by atoms with Gasteiger partial charge in [-0.15, -0.1) is 0 Å². The molecule has 0 aromatic heterocycles. The summed E-state index contributed by atoms with van der Waals surface area (Å²) in [5, 5.41) is 0. The largest absolute Gasteiger partial charge is 0.459 e. The minimum Gasteiger partial charge on any atom is -0.459 e. The van der Waals surface area contributed by atoms with Crippen molar-refractivity contribution >= 4 is 5.97 Å². The SMILES string of the molecule is C=C(C)C(=O)OC(CC)CCCCCCCCCC(OCCCCCCCCCC(C)(C)C)(OCCCCCCCCCC(C)(C)C)OCCCCCCCCCC(C)(C)C. The summed E-state index contributed by atoms with van der Waals surface area (Å²) in [5.41, 5.74) is 1.84. The van der Waals surface area contributed by atoms with E-state index in [4.69, 9.17) is 18.9 Å². The average Bonchev–Trinajstić information content (AvgIpc) is 3.17. The third-order valence-electron chi connectivity index (χ3n) is 12.3. The Morgan fingerprint density at radius 3 is 0.951 bits per heavy atom. The molecule has 0 aliphatic rings. The maximum atomic E-state index is 12.0. The Balaban J connectivity index is 5.15. The summed E-state index contributed by atoms with van der Waals surface area (Å²) >= 11 is 0. The van der Waals surface area contributed by atoms with E-state index in [1.165, 1.54) is 167 Å². The zero-order chi connectivity index (χ0) is 45.7. The lowest BCUT2D eigenvalue weighted by atomic mass is 9.89. The number of unbranched alkanes of at least 4 members (excludes halogenated alkanes) is 24. The first-order valence-electron chi connectivity index (χ1n) is 26.7. The van der Waals surface area contributed by atoms with Crippen LogP contribution in [0.4, 0.5) is 0 Å². The molecule has 0 heterocycles. The standard InChI is InChI=1S/C56H110O5/c1-13-51(61-52(57)50(2)3)42-34-26-18-14-22-30-38-46-56(58-47-39-31-23-15-19-27-35-43-53(4,5)6,59-48-40-32-24-16-20-28-36-44-54(7,8)9)60-49-41-33-25-17-21-29-37-45-55(10,11)12/h51H,2,13-49H2,1,3-12H3. The van der Waals surface area contributed by atoms with Gasteiger partial charge in [0.15, 0.2) is 0 Å². The Morgan fingerprint density at radius 1 is 0.410 bits per heavy atom. The molecule has 1 unspecified atom stereocenters. The van der Waals surface area contributed by atoms with E-state index in [2.05, 4.69) is 75.8 Å². The summed E-state index contributed by atoms with van der Waals surface area (Å²) in [4.78, 5) is 12.0. The van der Waals surface area contributed by atoms with Crippen LogP contribution in [0.5, 0.6) is 0 Å². The second-order valence-electron chi connectivity index (χ2n) is 22.8. The highest BCUT2D eigenvalue weighted by Crippen LogP contribution is 2.28. The summed E-state index contributed by atoms with van der Waals surface area (Å²) in [7, 11) is 0. The fraction of sp³-hybridized carbons (Fsp3) is 0.946. The highest BCUT2D eigenvalue weighted by Gasteiger charge is 2.33. The number of hydrogen-bond acceptors (Lipinski definition) is 5. The summed E-state index contributed by atoms with van der Waals surface area (Å²) in [5.74, 6) is -1.17. The van der Waals surface area contributed by atoms with E-state index in [0.717, 1.165) is 51.4 Å². The van der Waals surface area contributed by atoms with Crippen LogP contribution in [0, 0.1) is 16.2 Å². The van der Waals surface area contributed by atoms with Gasteiger partial charge in [-0.25, -0.2) is 4.79 Å². The van der Waals surface area contributed by atoms with Crippen LogP contribution < -0.4 is 0 Å². The van der Waals surface area contributed by atoms with Crippen molar-refractivity contribution in [2.75, 3.05) is 19.8 Å². The van der Waals surface area contributed by atoms with E-state index in [9.17, 15) is 4.79 Å². The van der Waals surface area contributed by atoms with Crippen LogP contribution in [-0.2, 0) is 23.7 Å². The lowest BCUT2D eigenvalue weighted by Crippen LogP contribution is -2.40. The second-order valence-corrected chi connectivity index (χ2v) is 22.8. The molecule has 0 N–H and O–H groups in total. The molecule has 364 valence electrons. The number of hydrogen-bond donors (Lipinski definition) is 0. The molecule has 61 heavy (non-hydrogen) atoms. The van der Waals surface area contributed by atoms with Gasteiger partial charge in [0.2, 0.25) is 0 Å². The molecule has 0 saturated heterocycles. The molecule has 0 fully saturated rings. The number of esters is 1. The third kappa shape index (κ3) is 42.8. The first kappa shape index (κ1) is 60.1. The van der Waals surface area contributed by atoms with Crippen LogP contribution in [-0.4, -0.2) is 37.9 Å². The number of rotatable bonds is 43. The zero-order valence-corrected chi connectivity index (χ0v) is 43.5. The number of ether oxygens (including phenoxy) is 4. The van der Waals surface area contributed by atoms with Crippen molar-refractivity contribution in [3.63, 3.8) is 0 Å². The Kier molecular flexibility index (Phi) is 36.8. The van der Waals surface area contributed by atoms with Gasteiger partial charge in [-0.1, -0.05) is 223 Å². The molecule has 0 amide bonds. The number of carbonyl (C=O) groups excluding carboxylic acids is 1. The molecule has 0 saturated carbocycles. The van der Waals surface area contributed by atoms with E-state index in [-0.39, 0.29) is 12.1 Å². The van der Waals surface area contributed by atoms with Crippen LogP contribution in [0.2, 0.25) is 0 Å². The van der Waals surface area contributed by atoms with E-state index in [1.807, 2.05) is 0 Å². The lowest BCUT2D eigenvalue weighted by molar-refractivity contribution is -0.384. The van der Waals surface area contributed by atoms with Gasteiger partial charge in [-0.05, 0) is 87.4 Å². The van der Waals surface area contributed by atoms with Gasteiger partial charge in [0.1, 0.15) is 6.10 Å². The van der Waals surface area contributed by atoms with Gasteiger partial charge in [0, 0.05) is 12.0 Å². The van der Waals surface area contributed by atoms with E-state index in [1.54, 1.807) is 6.92 Å². The highest BCUT2D eigenvalue weighted by atomic mass is 16.9. The quantitative estimate of drug-likeness (QED) is 0.0265. The number of carbonyl (C=O) groups is 1. The molecular formula is C56H110O5. The van der Waals surface area contributed by atoms with Crippen LogP contribution >= 0.6 is 0 Å². The minimum atomic E-state index is -0.913. The van der Waals surface area contributed by atoms with E-state index >= 15 is 0 Å². The summed E-state index contributed by atoms with van der Waals surface area (Å²) in [6.07, 6.45) is 41.8. The van der Waals surface area contributed by atoms with E-state index < -0.39 is 5.97 Å². The average molecular weight is 863 g/mol. The van der Waals surface area contributed by atoms with Crippen molar-refractivity contribution < 1.29 is 23.7 Å². The normalized spacial score (nSPS) is 13.2. The molecule has 0 radical (unpaired) electrons. The molecule has 0 bridgehead atoms. The van der Waals surface area contributed by atoms with Gasteiger partial charge >= 0.3 is 5.97 Å². The van der Waals surface area contributed by atoms with Crippen molar-refractivity contribution in [2.45, 2.75) is 307 Å². The molecule has 0 aliphatic carbocycles. The molecule has 0 rings (SSSR count). The predicted molar refractivity (Wildman–Crippen MR) is 266 cm³/mol. The van der Waals surface area contributed by atoms with Crippen LogP contribution in [0.1, 0.15) is 294 Å². The maximum absolute atomic E-state index is 12.0. The Hall–Kier alpha value is -0.910. The summed E-state index contributed by atoms with van der Waals surface area (Å²) in [6.45, 7) is 30.9. The summed E-state index contributed by atoms with van der Waals surface area (Å²) < 4.78 is 25.9. The van der Waals surface area contributed by atoms with E-state index in [0.29, 0.717) is 41.6 Å². The minimum absolute atomic E-state index is 0.00692. The molecule has 0 aromatic rings. The second kappa shape index (κ2) is 37.3. The molecule has 0 spiro atoms. The third-order valence-corrected chi connectivity index (χ3v) is 12.3. The van der Waals surface area contributed by atoms with Gasteiger partial charge < -0.3 is 18.9 Å². The van der Waals surface area contributed by atoms with Gasteiger partial charge in [-0.2, -0.15) is 0 Å². The molecule has 1 atom stereocenters. The van der Waals surface area contributed by atoms with Gasteiger partial charge in [0.25, 0.3) is 5.97 Å².